The zero-order valence-corrected chi connectivity index (χ0v) is 15.8. The van der Waals surface area contributed by atoms with Gasteiger partial charge in [-0.1, -0.05) is 0 Å². The normalized spacial score (nSPS) is 26.0. The van der Waals surface area contributed by atoms with Crippen LogP contribution in [-0.2, 0) is 14.8 Å². The van der Waals surface area contributed by atoms with Crippen LogP contribution in [0.15, 0.2) is 23.1 Å². The molecule has 3 atom stereocenters. The van der Waals surface area contributed by atoms with E-state index in [2.05, 4.69) is 4.74 Å². The highest BCUT2D eigenvalue weighted by Crippen LogP contribution is 2.40. The smallest absolute Gasteiger partial charge is 0.337 e. The summed E-state index contributed by atoms with van der Waals surface area (Å²) in [6, 6.07) is 4.29. The van der Waals surface area contributed by atoms with Crippen LogP contribution >= 0.6 is 12.4 Å². The summed E-state index contributed by atoms with van der Waals surface area (Å²) in [7, 11) is -1.05. The lowest BCUT2D eigenvalue weighted by Gasteiger charge is -2.20. The van der Waals surface area contributed by atoms with Gasteiger partial charge in [-0.25, -0.2) is 13.2 Å². The molecule has 25 heavy (non-hydrogen) atoms. The summed E-state index contributed by atoms with van der Waals surface area (Å²) in [4.78, 5) is 11.7. The molecular formula is C16H23ClN2O5S. The van der Waals surface area contributed by atoms with Gasteiger partial charge in [-0.2, -0.15) is 4.31 Å². The molecule has 2 aliphatic rings. The van der Waals surface area contributed by atoms with Gasteiger partial charge in [-0.3, -0.25) is 0 Å². The van der Waals surface area contributed by atoms with Crippen molar-refractivity contribution in [1.29, 1.82) is 0 Å². The van der Waals surface area contributed by atoms with Gasteiger partial charge in [0.1, 0.15) is 10.6 Å². The lowest BCUT2D eigenvalue weighted by Crippen LogP contribution is -2.33. The summed E-state index contributed by atoms with van der Waals surface area (Å²) >= 11 is 0. The minimum atomic E-state index is -3.70. The third kappa shape index (κ3) is 3.48. The van der Waals surface area contributed by atoms with Gasteiger partial charge >= 0.3 is 5.97 Å². The van der Waals surface area contributed by atoms with Crippen molar-refractivity contribution in [3.63, 3.8) is 0 Å². The molecule has 1 aromatic rings. The maximum atomic E-state index is 13.0. The van der Waals surface area contributed by atoms with Gasteiger partial charge in [0.25, 0.3) is 0 Å². The van der Waals surface area contributed by atoms with Gasteiger partial charge in [0.15, 0.2) is 0 Å². The van der Waals surface area contributed by atoms with E-state index in [0.717, 1.165) is 12.8 Å². The van der Waals surface area contributed by atoms with Gasteiger partial charge in [-0.15, -0.1) is 12.4 Å². The summed E-state index contributed by atoms with van der Waals surface area (Å²) in [6.45, 7) is 0.929. The highest BCUT2D eigenvalue weighted by Gasteiger charge is 2.45. The lowest BCUT2D eigenvalue weighted by atomic mass is 9.98. The quantitative estimate of drug-likeness (QED) is 0.777. The molecule has 0 aromatic heterocycles. The molecule has 1 aromatic carbocycles. The number of halogens is 1. The van der Waals surface area contributed by atoms with Crippen molar-refractivity contribution in [2.24, 2.45) is 17.6 Å². The van der Waals surface area contributed by atoms with Crippen LogP contribution in [0.25, 0.3) is 0 Å². The summed E-state index contributed by atoms with van der Waals surface area (Å²) in [6.07, 6.45) is 1.93. The van der Waals surface area contributed by atoms with Gasteiger partial charge in [0.2, 0.25) is 10.0 Å². The Morgan fingerprint density at radius 2 is 1.96 bits per heavy atom. The first-order chi connectivity index (χ1) is 11.4. The Bertz CT molecular complexity index is 755. The van der Waals surface area contributed by atoms with Crippen LogP contribution < -0.4 is 10.5 Å². The molecule has 2 fully saturated rings. The highest BCUT2D eigenvalue weighted by atomic mass is 35.5. The Kier molecular flexibility index (Phi) is 5.98. The van der Waals surface area contributed by atoms with Crippen molar-refractivity contribution in [2.45, 2.75) is 23.8 Å². The predicted molar refractivity (Wildman–Crippen MR) is 94.5 cm³/mol. The Hall–Kier alpha value is -1.35. The molecule has 9 heteroatoms. The van der Waals surface area contributed by atoms with Crippen molar-refractivity contribution in [2.75, 3.05) is 27.3 Å². The van der Waals surface area contributed by atoms with Crippen molar-refractivity contribution in [3.05, 3.63) is 23.8 Å². The van der Waals surface area contributed by atoms with Crippen molar-refractivity contribution in [3.8, 4) is 5.75 Å². The topological polar surface area (TPSA) is 98.9 Å². The van der Waals surface area contributed by atoms with E-state index in [4.69, 9.17) is 10.5 Å². The number of nitrogens with two attached hydrogens (primary N) is 1. The molecule has 140 valence electrons. The summed E-state index contributed by atoms with van der Waals surface area (Å²) < 4.78 is 37.3. The summed E-state index contributed by atoms with van der Waals surface area (Å²) in [5.41, 5.74) is 6.34. The van der Waals surface area contributed by atoms with E-state index in [9.17, 15) is 13.2 Å². The van der Waals surface area contributed by atoms with Crippen LogP contribution in [0, 0.1) is 11.8 Å². The number of nitrogens with zero attached hydrogens (tertiary/aromatic N) is 1. The third-order valence-corrected chi connectivity index (χ3v) is 6.95. The average molecular weight is 391 g/mol. The minimum Gasteiger partial charge on any atom is -0.495 e. The van der Waals surface area contributed by atoms with Crippen LogP contribution in [0.5, 0.6) is 5.75 Å². The second-order valence-electron chi connectivity index (χ2n) is 6.34. The van der Waals surface area contributed by atoms with Crippen LogP contribution in [0.3, 0.4) is 0 Å². The number of methoxy groups -OCH3 is 2. The molecule has 3 rings (SSSR count). The van der Waals surface area contributed by atoms with Gasteiger partial charge in [0, 0.05) is 19.1 Å². The number of esters is 1. The molecule has 2 N–H and O–H groups in total. The lowest BCUT2D eigenvalue weighted by molar-refractivity contribution is 0.0600. The van der Waals surface area contributed by atoms with E-state index in [1.54, 1.807) is 0 Å². The van der Waals surface area contributed by atoms with E-state index in [1.165, 1.54) is 36.7 Å². The van der Waals surface area contributed by atoms with Crippen LogP contribution in [0.2, 0.25) is 0 Å². The average Bonchev–Trinajstić information content (AvgIpc) is 3.16. The van der Waals surface area contributed by atoms with Crippen LogP contribution in [0.1, 0.15) is 23.2 Å². The number of hydrogen-bond donors (Lipinski definition) is 1. The molecule has 1 aliphatic heterocycles. The summed E-state index contributed by atoms with van der Waals surface area (Å²) in [5, 5.41) is 0. The van der Waals surface area contributed by atoms with Crippen molar-refractivity contribution >= 4 is 28.4 Å². The first kappa shape index (κ1) is 20.0. The van der Waals surface area contributed by atoms with Crippen LogP contribution in [-0.4, -0.2) is 52.0 Å². The first-order valence-electron chi connectivity index (χ1n) is 7.90. The van der Waals surface area contributed by atoms with Gasteiger partial charge in [0.05, 0.1) is 19.8 Å². The zero-order valence-electron chi connectivity index (χ0n) is 14.2. The van der Waals surface area contributed by atoms with Gasteiger partial charge < -0.3 is 15.2 Å². The minimum absolute atomic E-state index is 0. The van der Waals surface area contributed by atoms with E-state index >= 15 is 0 Å². The van der Waals surface area contributed by atoms with Crippen molar-refractivity contribution < 1.29 is 22.7 Å². The Morgan fingerprint density at radius 3 is 2.56 bits per heavy atom. The summed E-state index contributed by atoms with van der Waals surface area (Å²) in [5.74, 6) is 0.147. The van der Waals surface area contributed by atoms with E-state index in [0.29, 0.717) is 19.0 Å². The fourth-order valence-electron chi connectivity index (χ4n) is 3.73. The van der Waals surface area contributed by atoms with E-state index < -0.39 is 16.0 Å². The molecule has 0 amide bonds. The Morgan fingerprint density at radius 1 is 1.24 bits per heavy atom. The number of carbonyl (C=O) groups excluding carboxylic acids is 1. The molecular weight excluding hydrogens is 368 g/mol. The fraction of sp³-hybridized carbons (Fsp3) is 0.562. The molecule has 1 saturated heterocycles. The van der Waals surface area contributed by atoms with Crippen LogP contribution in [0.4, 0.5) is 0 Å². The highest BCUT2D eigenvalue weighted by molar-refractivity contribution is 7.89. The molecule has 1 saturated carbocycles. The monoisotopic (exact) mass is 390 g/mol. The van der Waals surface area contributed by atoms with Crippen molar-refractivity contribution in [1.82, 2.24) is 4.31 Å². The molecule has 1 heterocycles. The molecule has 0 bridgehead atoms. The number of rotatable bonds is 4. The Balaban J connectivity index is 0.00000225. The number of benzene rings is 1. The maximum Gasteiger partial charge on any atom is 0.337 e. The molecule has 0 spiro atoms. The SMILES string of the molecule is COC(=O)c1ccc(S(=O)(=O)N2CC3CCC(N)C3C2)c(OC)c1.Cl. The number of ether oxygens (including phenoxy) is 2. The Labute approximate surface area is 153 Å². The third-order valence-electron chi connectivity index (χ3n) is 5.08. The zero-order chi connectivity index (χ0) is 17.5. The van der Waals surface area contributed by atoms with Gasteiger partial charge in [-0.05, 0) is 42.9 Å². The van der Waals surface area contributed by atoms with E-state index in [1.807, 2.05) is 0 Å². The van der Waals surface area contributed by atoms with E-state index in [-0.39, 0.29) is 40.6 Å². The second-order valence-corrected chi connectivity index (χ2v) is 8.25. The first-order valence-corrected chi connectivity index (χ1v) is 9.34. The largest absolute Gasteiger partial charge is 0.495 e. The number of sulfonamides is 1. The number of carbonyl (C=O) groups is 1. The number of fused-ring (bicyclic) bond motifs is 1. The molecule has 1 aliphatic carbocycles. The molecule has 0 radical (unpaired) electrons. The molecule has 3 unspecified atom stereocenters. The maximum absolute atomic E-state index is 13.0. The molecule has 7 nitrogen and oxygen atoms in total. The second kappa shape index (κ2) is 7.49. The predicted octanol–water partition coefficient (Wildman–Crippen LogP) is 1.26. The fourth-order valence-corrected chi connectivity index (χ4v) is 5.40. The standard InChI is InChI=1S/C16H22N2O5S.ClH/c1-22-14-7-10(16(19)23-2)4-6-15(14)24(20,21)18-8-11-3-5-13(17)12(11)9-18;/h4,6-7,11-13H,3,5,8-9,17H2,1-2H3;1H. The number of hydrogen-bond acceptors (Lipinski definition) is 6.